The van der Waals surface area contributed by atoms with Crippen LogP contribution in [0.15, 0.2) is 69.6 Å². The molecule has 26 heavy (non-hydrogen) atoms. The van der Waals surface area contributed by atoms with E-state index >= 15 is 0 Å². The predicted molar refractivity (Wildman–Crippen MR) is 116 cm³/mol. The van der Waals surface area contributed by atoms with Gasteiger partial charge in [-0.3, -0.25) is 0 Å². The molecule has 126 valence electrons. The van der Waals surface area contributed by atoms with Crippen LogP contribution in [-0.4, -0.2) is 0 Å². The molecule has 0 heterocycles. The van der Waals surface area contributed by atoms with Crippen LogP contribution in [0.4, 0.5) is 0 Å². The molecule has 0 amide bonds. The van der Waals surface area contributed by atoms with E-state index in [-0.39, 0.29) is 0 Å². The van der Waals surface area contributed by atoms with Gasteiger partial charge in [0.15, 0.2) is 0 Å². The van der Waals surface area contributed by atoms with Gasteiger partial charge in [0.1, 0.15) is 0 Å². The van der Waals surface area contributed by atoms with E-state index in [0.717, 1.165) is 31.2 Å². The van der Waals surface area contributed by atoms with Crippen LogP contribution in [0.2, 0.25) is 0 Å². The zero-order chi connectivity index (χ0) is 18.5. The van der Waals surface area contributed by atoms with Gasteiger partial charge in [-0.2, -0.15) is 0 Å². The average Bonchev–Trinajstić information content (AvgIpc) is 2.64. The summed E-state index contributed by atoms with van der Waals surface area (Å²) < 4.78 is 1.88. The molecule has 0 aliphatic rings. The van der Waals surface area contributed by atoms with Crippen LogP contribution in [-0.2, 0) is 0 Å². The zero-order valence-corrected chi connectivity index (χ0v) is 17.7. The molecule has 0 saturated heterocycles. The molecule has 0 spiro atoms. The molecule has 0 radical (unpaired) electrons. The molecular weight excluding hydrogens is 448 g/mol. The first-order valence-corrected chi connectivity index (χ1v) is 9.77. The van der Waals surface area contributed by atoms with E-state index in [4.69, 9.17) is 0 Å². The molecule has 0 fully saturated rings. The van der Waals surface area contributed by atoms with Crippen molar-refractivity contribution < 1.29 is 0 Å². The summed E-state index contributed by atoms with van der Waals surface area (Å²) in [4.78, 5) is 0. The van der Waals surface area contributed by atoms with Crippen LogP contribution in [0, 0.1) is 37.5 Å². The fourth-order valence-electron chi connectivity index (χ4n) is 2.34. The molecule has 0 nitrogen and oxygen atoms in total. The highest BCUT2D eigenvalue weighted by Gasteiger charge is 2.07. The normalized spacial score (nSPS) is 9.69. The maximum absolute atomic E-state index is 3.61. The molecule has 0 N–H and O–H groups in total. The van der Waals surface area contributed by atoms with Gasteiger partial charge in [0, 0.05) is 20.1 Å². The van der Waals surface area contributed by atoms with Gasteiger partial charge in [-0.1, -0.05) is 59.1 Å². The minimum Gasteiger partial charge on any atom is -0.0616 e. The summed E-state index contributed by atoms with van der Waals surface area (Å²) >= 11 is 7.22. The van der Waals surface area contributed by atoms with E-state index < -0.39 is 0 Å². The Labute approximate surface area is 171 Å². The summed E-state index contributed by atoms with van der Waals surface area (Å²) in [6.45, 7) is 4.14. The molecule has 0 atom stereocenters. The monoisotopic (exact) mass is 462 g/mol. The second kappa shape index (κ2) is 8.41. The molecule has 2 heteroatoms. The Balaban J connectivity index is 2.03. The first-order valence-electron chi connectivity index (χ1n) is 8.18. The molecule has 0 unspecified atom stereocenters. The summed E-state index contributed by atoms with van der Waals surface area (Å²) in [6, 6.07) is 20.4. The molecule has 0 saturated carbocycles. The summed E-state index contributed by atoms with van der Waals surface area (Å²) in [7, 11) is 0. The Morgan fingerprint density at radius 2 is 0.846 bits per heavy atom. The lowest BCUT2D eigenvalue weighted by atomic mass is 10.1. The van der Waals surface area contributed by atoms with Crippen molar-refractivity contribution in [2.75, 3.05) is 0 Å². The SMILES string of the molecule is Cc1ccc(C#Cc2c(Br)ccc(Br)c2C#Cc2ccc(C)cc2)cc1. The van der Waals surface area contributed by atoms with Gasteiger partial charge in [0.2, 0.25) is 0 Å². The number of hydrogen-bond acceptors (Lipinski definition) is 0. The highest BCUT2D eigenvalue weighted by molar-refractivity contribution is 9.11. The van der Waals surface area contributed by atoms with Crippen molar-refractivity contribution in [2.24, 2.45) is 0 Å². The standard InChI is InChI=1S/C24H16Br2/c1-17-3-7-19(8-4-17)11-13-21-22(24(26)16-15-23(21)25)14-12-20-9-5-18(2)6-10-20/h3-10,15-16H,1-2H3. The number of benzene rings is 3. The van der Waals surface area contributed by atoms with Gasteiger partial charge >= 0.3 is 0 Å². The quantitative estimate of drug-likeness (QED) is 0.328. The molecule has 0 bridgehead atoms. The third-order valence-corrected chi connectivity index (χ3v) is 5.19. The van der Waals surface area contributed by atoms with Crippen LogP contribution < -0.4 is 0 Å². The fraction of sp³-hybridized carbons (Fsp3) is 0.0833. The van der Waals surface area contributed by atoms with Crippen molar-refractivity contribution in [2.45, 2.75) is 13.8 Å². The Morgan fingerprint density at radius 3 is 1.19 bits per heavy atom. The van der Waals surface area contributed by atoms with Crippen LogP contribution in [0.1, 0.15) is 33.4 Å². The molecule has 3 rings (SSSR count). The number of rotatable bonds is 0. The van der Waals surface area contributed by atoms with Gasteiger partial charge in [0.25, 0.3) is 0 Å². The Bertz CT molecular complexity index is 963. The lowest BCUT2D eigenvalue weighted by Crippen LogP contribution is -1.89. The van der Waals surface area contributed by atoms with Crippen molar-refractivity contribution in [1.82, 2.24) is 0 Å². The van der Waals surface area contributed by atoms with E-state index in [9.17, 15) is 0 Å². The molecule has 3 aromatic rings. The zero-order valence-electron chi connectivity index (χ0n) is 14.5. The fourth-order valence-corrected chi connectivity index (χ4v) is 3.20. The molecule has 0 aliphatic carbocycles. The molecule has 0 aromatic heterocycles. The van der Waals surface area contributed by atoms with E-state index in [2.05, 4.69) is 93.7 Å². The highest BCUT2D eigenvalue weighted by Crippen LogP contribution is 2.26. The van der Waals surface area contributed by atoms with Gasteiger partial charge in [-0.05, 0) is 82.1 Å². The van der Waals surface area contributed by atoms with Crippen LogP contribution in [0.3, 0.4) is 0 Å². The van der Waals surface area contributed by atoms with E-state index in [0.29, 0.717) is 0 Å². The van der Waals surface area contributed by atoms with Gasteiger partial charge < -0.3 is 0 Å². The predicted octanol–water partition coefficient (Wildman–Crippen LogP) is 6.63. The van der Waals surface area contributed by atoms with Crippen molar-refractivity contribution in [3.63, 3.8) is 0 Å². The third-order valence-electron chi connectivity index (χ3n) is 3.87. The second-order valence-electron chi connectivity index (χ2n) is 6.01. The van der Waals surface area contributed by atoms with E-state index in [1.807, 2.05) is 36.4 Å². The first kappa shape index (κ1) is 18.5. The van der Waals surface area contributed by atoms with Crippen LogP contribution >= 0.6 is 31.9 Å². The van der Waals surface area contributed by atoms with Gasteiger partial charge in [-0.25, -0.2) is 0 Å². The van der Waals surface area contributed by atoms with Crippen LogP contribution in [0.25, 0.3) is 0 Å². The van der Waals surface area contributed by atoms with E-state index in [1.165, 1.54) is 11.1 Å². The molecule has 0 aliphatic heterocycles. The minimum atomic E-state index is 0.888. The average molecular weight is 464 g/mol. The summed E-state index contributed by atoms with van der Waals surface area (Å²) in [6.07, 6.45) is 0. The van der Waals surface area contributed by atoms with Gasteiger partial charge in [0.05, 0.1) is 11.1 Å². The summed E-state index contributed by atoms with van der Waals surface area (Å²) in [5, 5.41) is 0. The largest absolute Gasteiger partial charge is 0.0616 e. The summed E-state index contributed by atoms with van der Waals surface area (Å²) in [5.74, 6) is 13.0. The molecule has 3 aromatic carbocycles. The van der Waals surface area contributed by atoms with Crippen molar-refractivity contribution >= 4 is 31.9 Å². The summed E-state index contributed by atoms with van der Waals surface area (Å²) in [5.41, 5.74) is 6.20. The highest BCUT2D eigenvalue weighted by atomic mass is 79.9. The van der Waals surface area contributed by atoms with Crippen molar-refractivity contribution in [1.29, 1.82) is 0 Å². The smallest absolute Gasteiger partial charge is 0.0559 e. The lowest BCUT2D eigenvalue weighted by molar-refractivity contribution is 1.45. The van der Waals surface area contributed by atoms with E-state index in [1.54, 1.807) is 0 Å². The Hall–Kier alpha value is -2.26. The number of hydrogen-bond donors (Lipinski definition) is 0. The lowest BCUT2D eigenvalue weighted by Gasteiger charge is -2.03. The minimum absolute atomic E-state index is 0.888. The van der Waals surface area contributed by atoms with Crippen molar-refractivity contribution in [3.8, 4) is 23.7 Å². The third kappa shape index (κ3) is 4.67. The number of aryl methyl sites for hydroxylation is 2. The van der Waals surface area contributed by atoms with Crippen LogP contribution in [0.5, 0.6) is 0 Å². The maximum atomic E-state index is 3.61. The Morgan fingerprint density at radius 1 is 0.500 bits per heavy atom. The Kier molecular flexibility index (Phi) is 6.00. The van der Waals surface area contributed by atoms with Gasteiger partial charge in [-0.15, -0.1) is 0 Å². The second-order valence-corrected chi connectivity index (χ2v) is 7.72. The molecular formula is C24H16Br2. The topological polar surface area (TPSA) is 0 Å². The maximum Gasteiger partial charge on any atom is 0.0559 e. The van der Waals surface area contributed by atoms with Crippen molar-refractivity contribution in [3.05, 3.63) is 103 Å². The number of halogens is 2. The first-order chi connectivity index (χ1) is 12.5.